The van der Waals surface area contributed by atoms with E-state index in [0.29, 0.717) is 43.9 Å². The fourth-order valence-corrected chi connectivity index (χ4v) is 4.70. The van der Waals surface area contributed by atoms with E-state index in [1.807, 2.05) is 54.3 Å². The molecule has 0 bridgehead atoms. The summed E-state index contributed by atoms with van der Waals surface area (Å²) in [6, 6.07) is 11.3. The number of para-hydroxylation sites is 1. The zero-order valence-corrected chi connectivity index (χ0v) is 20.2. The Balaban J connectivity index is 1.42. The summed E-state index contributed by atoms with van der Waals surface area (Å²) in [7, 11) is 0. The molecule has 2 N–H and O–H groups in total. The van der Waals surface area contributed by atoms with Gasteiger partial charge in [-0.15, -0.1) is 0 Å². The number of alkyl halides is 2. The van der Waals surface area contributed by atoms with Crippen molar-refractivity contribution >= 4 is 16.9 Å². The maximum Gasteiger partial charge on any atom is 0.329 e. The summed E-state index contributed by atoms with van der Waals surface area (Å²) in [5.74, 6) is -0.369. The Bertz CT molecular complexity index is 1180. The highest BCUT2D eigenvalue weighted by molar-refractivity contribution is 5.85. The number of fused-ring (bicyclic) bond motifs is 3. The smallest absolute Gasteiger partial charge is 0.329 e. The van der Waals surface area contributed by atoms with Crippen LogP contribution in [0.1, 0.15) is 42.8 Å². The fourth-order valence-electron chi connectivity index (χ4n) is 4.70. The molecule has 0 saturated heterocycles. The molecule has 0 unspecified atom stereocenters. The molecular formula is C27H31F2N3O4. The van der Waals surface area contributed by atoms with Crippen LogP contribution in [0.4, 0.5) is 8.78 Å². The normalized spacial score (nSPS) is 18.2. The molecule has 1 aromatic carbocycles. The van der Waals surface area contributed by atoms with Crippen molar-refractivity contribution in [2.24, 2.45) is 0 Å². The van der Waals surface area contributed by atoms with E-state index in [-0.39, 0.29) is 19.2 Å². The third kappa shape index (κ3) is 6.27. The summed E-state index contributed by atoms with van der Waals surface area (Å²) in [6.07, 6.45) is 5.08. The molecule has 2 atom stereocenters. The molecule has 1 aliphatic heterocycles. The van der Waals surface area contributed by atoms with Gasteiger partial charge >= 0.3 is 5.97 Å². The van der Waals surface area contributed by atoms with Gasteiger partial charge in [-0.25, -0.2) is 13.6 Å². The van der Waals surface area contributed by atoms with Gasteiger partial charge in [-0.1, -0.05) is 30.4 Å². The number of aromatic nitrogens is 2. The minimum absolute atomic E-state index is 0.0604. The first kappa shape index (κ1) is 25.8. The molecule has 36 heavy (non-hydrogen) atoms. The second-order valence-corrected chi connectivity index (χ2v) is 8.87. The van der Waals surface area contributed by atoms with E-state index in [2.05, 4.69) is 16.0 Å². The lowest BCUT2D eigenvalue weighted by Gasteiger charge is -2.40. The Morgan fingerprint density at radius 1 is 1.22 bits per heavy atom. The number of H-pyrrole nitrogens is 1. The number of nitrogens with one attached hydrogen (secondary N) is 1. The van der Waals surface area contributed by atoms with E-state index in [4.69, 9.17) is 14.6 Å². The van der Waals surface area contributed by atoms with Gasteiger partial charge in [-0.05, 0) is 49.9 Å². The van der Waals surface area contributed by atoms with E-state index in [1.165, 1.54) is 0 Å². The quantitative estimate of drug-likeness (QED) is 0.270. The Morgan fingerprint density at radius 3 is 2.72 bits per heavy atom. The predicted octanol–water partition coefficient (Wildman–Crippen LogP) is 4.98. The molecular weight excluding hydrogens is 468 g/mol. The van der Waals surface area contributed by atoms with Crippen molar-refractivity contribution in [2.75, 3.05) is 26.4 Å². The summed E-state index contributed by atoms with van der Waals surface area (Å²) < 4.78 is 37.8. The lowest BCUT2D eigenvalue weighted by molar-refractivity contribution is -0.142. The molecule has 3 heterocycles. The highest BCUT2D eigenvalue weighted by Crippen LogP contribution is 2.40. The third-order valence-electron chi connectivity index (χ3n) is 6.28. The Kier molecular flexibility index (Phi) is 8.66. The van der Waals surface area contributed by atoms with Crippen LogP contribution in [0.5, 0.6) is 5.75 Å². The first-order chi connectivity index (χ1) is 17.4. The van der Waals surface area contributed by atoms with Crippen LogP contribution in [-0.4, -0.2) is 64.8 Å². The van der Waals surface area contributed by atoms with Gasteiger partial charge in [0.15, 0.2) is 0 Å². The Labute approximate surface area is 208 Å². The molecule has 2 aromatic heterocycles. The Morgan fingerprint density at radius 2 is 2.00 bits per heavy atom. The van der Waals surface area contributed by atoms with Crippen LogP contribution < -0.4 is 4.74 Å². The van der Waals surface area contributed by atoms with Gasteiger partial charge in [0.25, 0.3) is 6.43 Å². The van der Waals surface area contributed by atoms with Crippen molar-refractivity contribution in [3.8, 4) is 5.75 Å². The summed E-state index contributed by atoms with van der Waals surface area (Å²) in [5, 5.41) is 9.65. The Hall–Kier alpha value is -3.30. The number of pyridine rings is 1. The van der Waals surface area contributed by atoms with E-state index in [9.17, 15) is 13.6 Å². The maximum atomic E-state index is 13.5. The van der Waals surface area contributed by atoms with Crippen LogP contribution in [-0.2, 0) is 16.0 Å². The molecule has 9 heteroatoms. The van der Waals surface area contributed by atoms with Crippen molar-refractivity contribution in [3.05, 3.63) is 71.7 Å². The van der Waals surface area contributed by atoms with Gasteiger partial charge in [0, 0.05) is 22.6 Å². The SMILES string of the molecule is C[C@@H]1Cc2c([nH]c3ccccc23)[C@@H](c2ccc(OCC/C=C/CCOCC(=O)O)cn2)N1CC(F)F. The highest BCUT2D eigenvalue weighted by Gasteiger charge is 2.37. The zero-order valence-electron chi connectivity index (χ0n) is 20.2. The number of aliphatic carboxylic acids is 1. The number of halogens is 2. The van der Waals surface area contributed by atoms with Crippen molar-refractivity contribution < 1.29 is 28.2 Å². The van der Waals surface area contributed by atoms with Gasteiger partial charge in [-0.3, -0.25) is 9.88 Å². The number of nitrogens with zero attached hydrogens (tertiary/aromatic N) is 2. The number of ether oxygens (including phenoxy) is 2. The first-order valence-electron chi connectivity index (χ1n) is 12.1. The van der Waals surface area contributed by atoms with Gasteiger partial charge in [0.2, 0.25) is 0 Å². The maximum absolute atomic E-state index is 13.5. The minimum atomic E-state index is -2.44. The molecule has 0 radical (unpaired) electrons. The van der Waals surface area contributed by atoms with Crippen LogP contribution in [0, 0.1) is 0 Å². The zero-order chi connectivity index (χ0) is 25.5. The summed E-state index contributed by atoms with van der Waals surface area (Å²) in [4.78, 5) is 20.3. The average Bonchev–Trinajstić information content (AvgIpc) is 3.21. The lowest BCUT2D eigenvalue weighted by Crippen LogP contribution is -2.45. The number of carbonyl (C=O) groups is 1. The number of aromatic amines is 1. The van der Waals surface area contributed by atoms with Gasteiger partial charge in [0.1, 0.15) is 12.4 Å². The monoisotopic (exact) mass is 499 g/mol. The summed E-state index contributed by atoms with van der Waals surface area (Å²) in [5.41, 5.74) is 3.79. The third-order valence-corrected chi connectivity index (χ3v) is 6.28. The van der Waals surface area contributed by atoms with Crippen molar-refractivity contribution in [1.29, 1.82) is 0 Å². The van der Waals surface area contributed by atoms with Crippen LogP contribution >= 0.6 is 0 Å². The second kappa shape index (κ2) is 12.1. The largest absolute Gasteiger partial charge is 0.492 e. The molecule has 3 aromatic rings. The van der Waals surface area contributed by atoms with E-state index < -0.39 is 18.4 Å². The average molecular weight is 500 g/mol. The number of carboxylic acid groups (broad SMARTS) is 1. The summed E-state index contributed by atoms with van der Waals surface area (Å²) >= 11 is 0. The van der Waals surface area contributed by atoms with Crippen LogP contribution in [0.15, 0.2) is 54.7 Å². The number of carboxylic acids is 1. The molecule has 1 aliphatic rings. The number of hydrogen-bond donors (Lipinski definition) is 2. The van der Waals surface area contributed by atoms with E-state index >= 15 is 0 Å². The predicted molar refractivity (Wildman–Crippen MR) is 133 cm³/mol. The van der Waals surface area contributed by atoms with Gasteiger partial charge < -0.3 is 19.6 Å². The molecule has 192 valence electrons. The van der Waals surface area contributed by atoms with Crippen LogP contribution in [0.25, 0.3) is 10.9 Å². The molecule has 4 rings (SSSR count). The van der Waals surface area contributed by atoms with Crippen molar-refractivity contribution in [2.45, 2.75) is 44.7 Å². The first-order valence-corrected chi connectivity index (χ1v) is 12.1. The lowest BCUT2D eigenvalue weighted by atomic mass is 9.90. The van der Waals surface area contributed by atoms with Crippen LogP contribution in [0.2, 0.25) is 0 Å². The van der Waals surface area contributed by atoms with Gasteiger partial charge in [-0.2, -0.15) is 0 Å². The van der Waals surface area contributed by atoms with E-state index in [1.54, 1.807) is 6.20 Å². The number of hydrogen-bond acceptors (Lipinski definition) is 5. The standard InChI is InChI=1S/C27H31F2N3O4/c1-18-14-21-20-8-4-5-9-22(20)31-26(21)27(32(18)16-24(28)29)23-11-10-19(15-30-23)36-13-7-3-2-6-12-35-17-25(33)34/h2-5,8-11,15,18,24,27,31H,6-7,12-14,16-17H2,1H3,(H,33,34)/b3-2+/t18-,27-/m1/s1. The molecule has 0 amide bonds. The number of benzene rings is 1. The topological polar surface area (TPSA) is 87.7 Å². The number of rotatable bonds is 12. The minimum Gasteiger partial charge on any atom is -0.492 e. The highest BCUT2D eigenvalue weighted by atomic mass is 19.3. The van der Waals surface area contributed by atoms with Crippen molar-refractivity contribution in [1.82, 2.24) is 14.9 Å². The second-order valence-electron chi connectivity index (χ2n) is 8.87. The van der Waals surface area contributed by atoms with Crippen molar-refractivity contribution in [3.63, 3.8) is 0 Å². The summed E-state index contributed by atoms with van der Waals surface area (Å²) in [6.45, 7) is 2.19. The molecule has 0 saturated carbocycles. The molecule has 7 nitrogen and oxygen atoms in total. The van der Waals surface area contributed by atoms with Crippen LogP contribution in [0.3, 0.4) is 0 Å². The molecule has 0 fully saturated rings. The van der Waals surface area contributed by atoms with E-state index in [0.717, 1.165) is 22.2 Å². The molecule has 0 aliphatic carbocycles. The fraction of sp³-hybridized carbons (Fsp3) is 0.407. The van der Waals surface area contributed by atoms with Gasteiger partial charge in [0.05, 0.1) is 37.7 Å². The molecule has 0 spiro atoms.